The molecule has 1 aromatic carbocycles. The van der Waals surface area contributed by atoms with Crippen LogP contribution in [-0.2, 0) is 0 Å². The predicted octanol–water partition coefficient (Wildman–Crippen LogP) is 2.11. The fraction of sp³-hybridized carbons (Fsp3) is 0. The fourth-order valence-electron chi connectivity index (χ4n) is 1.86. The van der Waals surface area contributed by atoms with Gasteiger partial charge in [0.05, 0.1) is 18.1 Å². The second-order valence-corrected chi connectivity index (χ2v) is 4.44. The minimum absolute atomic E-state index is 0.150. The maximum atomic E-state index is 12.9. The molecule has 0 saturated carbocycles. The Bertz CT molecular complexity index is 846. The molecule has 8 nitrogen and oxygen atoms in total. The van der Waals surface area contributed by atoms with Crippen molar-refractivity contribution >= 4 is 17.5 Å². The van der Waals surface area contributed by atoms with Gasteiger partial charge in [-0.15, -0.1) is 5.10 Å². The van der Waals surface area contributed by atoms with E-state index in [1.54, 1.807) is 18.2 Å². The van der Waals surface area contributed by atoms with E-state index in [2.05, 4.69) is 25.7 Å². The average Bonchev–Trinajstić information content (AvgIpc) is 3.04. The lowest BCUT2D eigenvalue weighted by molar-refractivity contribution is 0.318. The number of aromatic nitrogens is 3. The number of hydrogen-bond acceptors (Lipinski definition) is 7. The molecule has 0 aliphatic rings. The van der Waals surface area contributed by atoms with Crippen LogP contribution in [-0.4, -0.2) is 26.2 Å². The monoisotopic (exact) mass is 314 g/mol. The van der Waals surface area contributed by atoms with Crippen molar-refractivity contribution in [3.05, 3.63) is 54.2 Å². The molecule has 0 aliphatic carbocycles. The highest BCUT2D eigenvalue weighted by Crippen LogP contribution is 2.25. The lowest BCUT2D eigenvalue weighted by atomic mass is 10.2. The number of amidine groups is 1. The molecule has 0 spiro atoms. The Morgan fingerprint density at radius 3 is 2.78 bits per heavy atom. The van der Waals surface area contributed by atoms with Crippen LogP contribution in [0.5, 0.6) is 0 Å². The molecule has 0 fully saturated rings. The predicted molar refractivity (Wildman–Crippen MR) is 79.7 cm³/mol. The van der Waals surface area contributed by atoms with E-state index < -0.39 is 0 Å². The Kier molecular flexibility index (Phi) is 3.83. The van der Waals surface area contributed by atoms with Crippen molar-refractivity contribution in [3.8, 4) is 11.3 Å². The number of oxime groups is 1. The average molecular weight is 314 g/mol. The van der Waals surface area contributed by atoms with Crippen molar-refractivity contribution in [1.29, 1.82) is 0 Å². The molecule has 116 valence electrons. The summed E-state index contributed by atoms with van der Waals surface area (Å²) in [6.07, 6.45) is 2.92. The van der Waals surface area contributed by atoms with E-state index in [0.29, 0.717) is 17.0 Å². The van der Waals surface area contributed by atoms with Crippen molar-refractivity contribution in [2.75, 3.05) is 5.32 Å². The Labute approximate surface area is 129 Å². The molecule has 0 radical (unpaired) electrons. The lowest BCUT2D eigenvalue weighted by Crippen LogP contribution is -2.17. The number of anilines is 2. The first-order chi connectivity index (χ1) is 11.2. The van der Waals surface area contributed by atoms with Crippen molar-refractivity contribution in [1.82, 2.24) is 15.2 Å². The summed E-state index contributed by atoms with van der Waals surface area (Å²) < 4.78 is 18.5. The third-order valence-electron chi connectivity index (χ3n) is 2.95. The first kappa shape index (κ1) is 14.4. The van der Waals surface area contributed by atoms with Crippen molar-refractivity contribution in [2.45, 2.75) is 0 Å². The van der Waals surface area contributed by atoms with E-state index in [-0.39, 0.29) is 23.4 Å². The van der Waals surface area contributed by atoms with E-state index in [4.69, 9.17) is 15.4 Å². The highest BCUT2D eigenvalue weighted by molar-refractivity contribution is 6.00. The van der Waals surface area contributed by atoms with Crippen LogP contribution >= 0.6 is 0 Å². The van der Waals surface area contributed by atoms with Crippen molar-refractivity contribution in [2.24, 2.45) is 10.9 Å². The summed E-state index contributed by atoms with van der Waals surface area (Å²) in [7, 11) is 0. The molecule has 3 rings (SSSR count). The molecule has 0 unspecified atom stereocenters. The smallest absolute Gasteiger partial charge is 0.299 e. The molecular formula is C14H11FN6O2. The summed E-state index contributed by atoms with van der Waals surface area (Å²) in [4.78, 5) is 4.07. The Hall–Kier alpha value is -3.49. The van der Waals surface area contributed by atoms with Gasteiger partial charge < -0.3 is 20.7 Å². The van der Waals surface area contributed by atoms with E-state index in [1.807, 2.05) is 0 Å². The number of hydrogen-bond donors (Lipinski definition) is 3. The Balaban J connectivity index is 1.87. The van der Waals surface area contributed by atoms with Crippen LogP contribution in [0.25, 0.3) is 11.3 Å². The first-order valence-electron chi connectivity index (χ1n) is 6.46. The zero-order chi connectivity index (χ0) is 16.2. The number of nitrogens with one attached hydrogen (secondary N) is 1. The van der Waals surface area contributed by atoms with Crippen LogP contribution in [0.2, 0.25) is 0 Å². The van der Waals surface area contributed by atoms with Crippen LogP contribution in [0.3, 0.4) is 0 Å². The molecule has 0 bridgehead atoms. The maximum absolute atomic E-state index is 12.9. The molecule has 2 heterocycles. The van der Waals surface area contributed by atoms with Gasteiger partial charge in [0.1, 0.15) is 5.82 Å². The van der Waals surface area contributed by atoms with E-state index >= 15 is 0 Å². The van der Waals surface area contributed by atoms with Gasteiger partial charge in [0.25, 0.3) is 6.01 Å². The summed E-state index contributed by atoms with van der Waals surface area (Å²) in [5, 5.41) is 22.0. The molecule has 9 heteroatoms. The number of halogens is 1. The van der Waals surface area contributed by atoms with Crippen LogP contribution in [0, 0.1) is 5.82 Å². The van der Waals surface area contributed by atoms with Crippen LogP contribution in [0.15, 0.2) is 52.3 Å². The summed E-state index contributed by atoms with van der Waals surface area (Å²) in [5.74, 6) is -0.0799. The number of benzene rings is 1. The lowest BCUT2D eigenvalue weighted by Gasteiger charge is -2.05. The molecule has 2 aromatic heterocycles. The second kappa shape index (κ2) is 6.10. The fourth-order valence-corrected chi connectivity index (χ4v) is 1.86. The van der Waals surface area contributed by atoms with Gasteiger partial charge in [0.15, 0.2) is 17.3 Å². The van der Waals surface area contributed by atoms with Gasteiger partial charge in [-0.3, -0.25) is 0 Å². The number of rotatable bonds is 4. The van der Waals surface area contributed by atoms with E-state index in [1.165, 1.54) is 24.5 Å². The minimum atomic E-state index is -0.335. The number of oxazole rings is 1. The Morgan fingerprint density at radius 1 is 1.26 bits per heavy atom. The van der Waals surface area contributed by atoms with Gasteiger partial charge in [-0.05, 0) is 30.3 Å². The van der Waals surface area contributed by atoms with Gasteiger partial charge in [-0.25, -0.2) is 9.37 Å². The standard InChI is InChI=1S/C14H11FN6O2/c15-9-3-1-8(2-4-9)11-7-17-14(23-11)19-10-5-6-18-20-12(10)13(16)21-22/h1-7,22H,(H2,16,21)(H,17,18,19). The summed E-state index contributed by atoms with van der Waals surface area (Å²) in [6, 6.07) is 7.56. The van der Waals surface area contributed by atoms with Gasteiger partial charge in [-0.1, -0.05) is 5.16 Å². The maximum Gasteiger partial charge on any atom is 0.299 e. The highest BCUT2D eigenvalue weighted by atomic mass is 19.1. The summed E-state index contributed by atoms with van der Waals surface area (Å²) >= 11 is 0. The molecule has 0 amide bonds. The molecule has 0 aliphatic heterocycles. The molecule has 0 atom stereocenters. The van der Waals surface area contributed by atoms with Crippen LogP contribution in [0.1, 0.15) is 5.69 Å². The largest absolute Gasteiger partial charge is 0.423 e. The topological polar surface area (TPSA) is 122 Å². The van der Waals surface area contributed by atoms with Gasteiger partial charge in [-0.2, -0.15) is 5.10 Å². The van der Waals surface area contributed by atoms with Crippen LogP contribution in [0.4, 0.5) is 16.1 Å². The third kappa shape index (κ3) is 3.07. The van der Waals surface area contributed by atoms with Gasteiger partial charge in [0.2, 0.25) is 0 Å². The molecule has 4 N–H and O–H groups in total. The van der Waals surface area contributed by atoms with E-state index in [0.717, 1.165) is 0 Å². The van der Waals surface area contributed by atoms with Crippen molar-refractivity contribution in [3.63, 3.8) is 0 Å². The third-order valence-corrected chi connectivity index (χ3v) is 2.95. The first-order valence-corrected chi connectivity index (χ1v) is 6.46. The number of nitrogens with zero attached hydrogens (tertiary/aromatic N) is 4. The molecule has 23 heavy (non-hydrogen) atoms. The molecular weight excluding hydrogens is 303 g/mol. The SMILES string of the molecule is NC(=NO)c1nnccc1Nc1ncc(-c2ccc(F)cc2)o1. The zero-order valence-electron chi connectivity index (χ0n) is 11.6. The molecule has 3 aromatic rings. The quantitative estimate of drug-likeness (QED) is 0.292. The highest BCUT2D eigenvalue weighted by Gasteiger charge is 2.12. The van der Waals surface area contributed by atoms with Gasteiger partial charge in [0, 0.05) is 5.56 Å². The van der Waals surface area contributed by atoms with E-state index in [9.17, 15) is 4.39 Å². The number of nitrogens with two attached hydrogens (primary N) is 1. The van der Waals surface area contributed by atoms with Crippen LogP contribution < -0.4 is 11.1 Å². The second-order valence-electron chi connectivity index (χ2n) is 4.44. The Morgan fingerprint density at radius 2 is 2.04 bits per heavy atom. The summed E-state index contributed by atoms with van der Waals surface area (Å²) in [5.41, 5.74) is 6.76. The normalized spacial score (nSPS) is 11.4. The van der Waals surface area contributed by atoms with Crippen molar-refractivity contribution < 1.29 is 14.0 Å². The van der Waals surface area contributed by atoms with Gasteiger partial charge >= 0.3 is 0 Å². The zero-order valence-corrected chi connectivity index (χ0v) is 11.6. The summed E-state index contributed by atoms with van der Waals surface area (Å²) in [6.45, 7) is 0. The molecule has 0 saturated heterocycles. The minimum Gasteiger partial charge on any atom is -0.423 e.